The van der Waals surface area contributed by atoms with E-state index in [1.165, 1.54) is 12.1 Å². The standard InChI is InChI=1S/C18H26FNO2/c1-2-3-5-17(21)13-20(14-18-6-4-11-22-18)12-15-7-9-16(19)10-8-15/h2,7-10,17-18,21H,1,3-6,11-14H2. The zero-order valence-electron chi connectivity index (χ0n) is 13.1. The molecule has 0 aliphatic carbocycles. The van der Waals surface area contributed by atoms with Crippen molar-refractivity contribution < 1.29 is 14.2 Å². The summed E-state index contributed by atoms with van der Waals surface area (Å²) in [6, 6.07) is 6.56. The molecule has 1 fully saturated rings. The van der Waals surface area contributed by atoms with Crippen LogP contribution in [0.2, 0.25) is 0 Å². The first-order chi connectivity index (χ1) is 10.7. The van der Waals surface area contributed by atoms with Gasteiger partial charge in [-0.25, -0.2) is 4.39 Å². The quantitative estimate of drug-likeness (QED) is 0.712. The van der Waals surface area contributed by atoms with Crippen molar-refractivity contribution in [2.45, 2.75) is 44.4 Å². The lowest BCUT2D eigenvalue weighted by Gasteiger charge is -2.27. The summed E-state index contributed by atoms with van der Waals surface area (Å²) in [6.45, 7) is 6.63. The Morgan fingerprint density at radius 2 is 2.18 bits per heavy atom. The van der Waals surface area contributed by atoms with Crippen molar-refractivity contribution in [3.05, 3.63) is 48.3 Å². The fraction of sp³-hybridized carbons (Fsp3) is 0.556. The molecule has 4 heteroatoms. The number of ether oxygens (including phenoxy) is 1. The van der Waals surface area contributed by atoms with Gasteiger partial charge in [-0.3, -0.25) is 4.90 Å². The van der Waals surface area contributed by atoms with Crippen LogP contribution in [0.1, 0.15) is 31.2 Å². The van der Waals surface area contributed by atoms with E-state index in [0.717, 1.165) is 44.4 Å². The van der Waals surface area contributed by atoms with Gasteiger partial charge in [0.25, 0.3) is 0 Å². The molecule has 3 nitrogen and oxygen atoms in total. The highest BCUT2D eigenvalue weighted by Crippen LogP contribution is 2.16. The first-order valence-electron chi connectivity index (χ1n) is 8.04. The molecule has 2 rings (SSSR count). The monoisotopic (exact) mass is 307 g/mol. The second kappa shape index (κ2) is 9.03. The SMILES string of the molecule is C=CCCC(O)CN(Cc1ccc(F)cc1)CC1CCCO1. The van der Waals surface area contributed by atoms with Crippen LogP contribution >= 0.6 is 0 Å². The third-order valence-corrected chi connectivity index (χ3v) is 3.98. The highest BCUT2D eigenvalue weighted by Gasteiger charge is 2.21. The Bertz CT molecular complexity index is 443. The fourth-order valence-corrected chi connectivity index (χ4v) is 2.83. The molecule has 1 aromatic carbocycles. The molecule has 0 aromatic heterocycles. The maximum Gasteiger partial charge on any atom is 0.123 e. The number of aliphatic hydroxyl groups is 1. The number of hydrogen-bond acceptors (Lipinski definition) is 3. The number of allylic oxidation sites excluding steroid dienone is 1. The zero-order valence-corrected chi connectivity index (χ0v) is 13.1. The maximum absolute atomic E-state index is 13.0. The highest BCUT2D eigenvalue weighted by molar-refractivity contribution is 5.15. The summed E-state index contributed by atoms with van der Waals surface area (Å²) in [5.74, 6) is -0.222. The molecular formula is C18H26FNO2. The van der Waals surface area contributed by atoms with Crippen molar-refractivity contribution in [3.63, 3.8) is 0 Å². The topological polar surface area (TPSA) is 32.7 Å². The van der Waals surface area contributed by atoms with Crippen LogP contribution in [0, 0.1) is 5.82 Å². The summed E-state index contributed by atoms with van der Waals surface area (Å²) in [7, 11) is 0. The van der Waals surface area contributed by atoms with Gasteiger partial charge >= 0.3 is 0 Å². The fourth-order valence-electron chi connectivity index (χ4n) is 2.83. The highest BCUT2D eigenvalue weighted by atomic mass is 19.1. The minimum Gasteiger partial charge on any atom is -0.392 e. The van der Waals surface area contributed by atoms with Crippen molar-refractivity contribution in [1.82, 2.24) is 4.90 Å². The number of hydrogen-bond donors (Lipinski definition) is 1. The van der Waals surface area contributed by atoms with Crippen LogP contribution in [-0.4, -0.2) is 41.9 Å². The normalized spacial score (nSPS) is 19.5. The Morgan fingerprint density at radius 3 is 2.82 bits per heavy atom. The Labute approximate surface area is 132 Å². The lowest BCUT2D eigenvalue weighted by molar-refractivity contribution is 0.0445. The molecule has 2 unspecified atom stereocenters. The van der Waals surface area contributed by atoms with E-state index in [1.54, 1.807) is 12.1 Å². The van der Waals surface area contributed by atoms with Crippen LogP contribution in [-0.2, 0) is 11.3 Å². The molecule has 0 radical (unpaired) electrons. The number of halogens is 1. The van der Waals surface area contributed by atoms with E-state index in [2.05, 4.69) is 11.5 Å². The van der Waals surface area contributed by atoms with Crippen LogP contribution in [0.15, 0.2) is 36.9 Å². The summed E-state index contributed by atoms with van der Waals surface area (Å²) < 4.78 is 18.7. The lowest BCUT2D eigenvalue weighted by Crippen LogP contribution is -2.37. The molecule has 1 saturated heterocycles. The zero-order chi connectivity index (χ0) is 15.8. The lowest BCUT2D eigenvalue weighted by atomic mass is 10.1. The summed E-state index contributed by atoms with van der Waals surface area (Å²) in [5, 5.41) is 10.2. The molecule has 22 heavy (non-hydrogen) atoms. The Kier molecular flexibility index (Phi) is 7.03. The second-order valence-corrected chi connectivity index (χ2v) is 5.98. The van der Waals surface area contributed by atoms with Crippen LogP contribution < -0.4 is 0 Å². The van der Waals surface area contributed by atoms with Crippen molar-refractivity contribution in [1.29, 1.82) is 0 Å². The predicted molar refractivity (Wildman–Crippen MR) is 86.1 cm³/mol. The van der Waals surface area contributed by atoms with Gasteiger partial charge in [-0.15, -0.1) is 6.58 Å². The Balaban J connectivity index is 1.93. The minimum absolute atomic E-state index is 0.222. The van der Waals surface area contributed by atoms with E-state index >= 15 is 0 Å². The van der Waals surface area contributed by atoms with Gasteiger partial charge in [-0.1, -0.05) is 18.2 Å². The van der Waals surface area contributed by atoms with Gasteiger partial charge in [0.2, 0.25) is 0 Å². The molecule has 0 bridgehead atoms. The van der Waals surface area contributed by atoms with Crippen molar-refractivity contribution in [2.24, 2.45) is 0 Å². The van der Waals surface area contributed by atoms with Gasteiger partial charge in [0.05, 0.1) is 12.2 Å². The minimum atomic E-state index is -0.375. The Hall–Kier alpha value is -1.23. The number of nitrogens with zero attached hydrogens (tertiary/aromatic N) is 1. The smallest absolute Gasteiger partial charge is 0.123 e. The van der Waals surface area contributed by atoms with Gasteiger partial charge in [-0.2, -0.15) is 0 Å². The van der Waals surface area contributed by atoms with E-state index in [4.69, 9.17) is 4.74 Å². The predicted octanol–water partition coefficient (Wildman–Crippen LogP) is 3.13. The van der Waals surface area contributed by atoms with Crippen molar-refractivity contribution in [3.8, 4) is 0 Å². The van der Waals surface area contributed by atoms with Crippen LogP contribution in [0.5, 0.6) is 0 Å². The van der Waals surface area contributed by atoms with E-state index in [1.807, 2.05) is 6.08 Å². The van der Waals surface area contributed by atoms with Crippen molar-refractivity contribution in [2.75, 3.05) is 19.7 Å². The number of benzene rings is 1. The van der Waals surface area contributed by atoms with Gasteiger partial charge in [0.15, 0.2) is 0 Å². The van der Waals surface area contributed by atoms with Gasteiger partial charge in [-0.05, 0) is 43.4 Å². The van der Waals surface area contributed by atoms with E-state index in [9.17, 15) is 9.50 Å². The molecule has 0 amide bonds. The molecule has 1 aromatic rings. The second-order valence-electron chi connectivity index (χ2n) is 5.98. The average Bonchev–Trinajstić information content (AvgIpc) is 3.00. The summed E-state index contributed by atoms with van der Waals surface area (Å²) in [6.07, 6.45) is 5.40. The third-order valence-electron chi connectivity index (χ3n) is 3.98. The molecule has 1 aliphatic heterocycles. The average molecular weight is 307 g/mol. The van der Waals surface area contributed by atoms with Crippen molar-refractivity contribution >= 4 is 0 Å². The third kappa shape index (κ3) is 5.87. The van der Waals surface area contributed by atoms with Crippen LogP contribution in [0.4, 0.5) is 4.39 Å². The molecule has 1 heterocycles. The Morgan fingerprint density at radius 1 is 1.41 bits per heavy atom. The van der Waals surface area contributed by atoms with Crippen LogP contribution in [0.3, 0.4) is 0 Å². The van der Waals surface area contributed by atoms with E-state index in [-0.39, 0.29) is 18.0 Å². The molecule has 1 aliphatic rings. The number of rotatable bonds is 9. The molecule has 122 valence electrons. The van der Waals surface area contributed by atoms with Gasteiger partial charge in [0.1, 0.15) is 5.82 Å². The van der Waals surface area contributed by atoms with E-state index in [0.29, 0.717) is 13.1 Å². The number of aliphatic hydroxyl groups excluding tert-OH is 1. The first kappa shape index (κ1) is 17.1. The maximum atomic E-state index is 13.0. The molecule has 1 N–H and O–H groups in total. The van der Waals surface area contributed by atoms with Crippen LogP contribution in [0.25, 0.3) is 0 Å². The summed E-state index contributed by atoms with van der Waals surface area (Å²) in [5.41, 5.74) is 1.05. The van der Waals surface area contributed by atoms with Gasteiger partial charge < -0.3 is 9.84 Å². The van der Waals surface area contributed by atoms with Gasteiger partial charge in [0, 0.05) is 26.2 Å². The molecular weight excluding hydrogens is 281 g/mol. The molecule has 0 saturated carbocycles. The summed E-state index contributed by atoms with van der Waals surface area (Å²) in [4.78, 5) is 2.21. The van der Waals surface area contributed by atoms with E-state index < -0.39 is 0 Å². The molecule has 0 spiro atoms. The largest absolute Gasteiger partial charge is 0.392 e. The molecule has 2 atom stereocenters. The first-order valence-corrected chi connectivity index (χ1v) is 8.04. The summed E-state index contributed by atoms with van der Waals surface area (Å²) >= 11 is 0.